The van der Waals surface area contributed by atoms with Gasteiger partial charge in [0.15, 0.2) is 0 Å². The maximum absolute atomic E-state index is 12.5. The smallest absolute Gasteiger partial charge is 0.252 e. The fraction of sp³-hybridized carbons (Fsp3) is 0.688. The lowest BCUT2D eigenvalue weighted by Gasteiger charge is -2.22. The van der Waals surface area contributed by atoms with Crippen LogP contribution in [0.2, 0.25) is 0 Å². The van der Waals surface area contributed by atoms with E-state index in [9.17, 15) is 13.2 Å². The van der Waals surface area contributed by atoms with E-state index in [2.05, 4.69) is 10.6 Å². The lowest BCUT2D eigenvalue weighted by molar-refractivity contribution is -0.120. The van der Waals surface area contributed by atoms with Gasteiger partial charge in [-0.05, 0) is 56.8 Å². The summed E-state index contributed by atoms with van der Waals surface area (Å²) in [6.45, 7) is 3.92. The number of hydrogen-bond donors (Lipinski definition) is 2. The molecule has 2 fully saturated rings. The molecule has 1 aromatic rings. The third kappa shape index (κ3) is 4.36. The van der Waals surface area contributed by atoms with Crippen molar-refractivity contribution < 1.29 is 13.2 Å². The Morgan fingerprint density at radius 3 is 2.79 bits per heavy atom. The Hall–Kier alpha value is -0.960. The van der Waals surface area contributed by atoms with E-state index in [1.165, 1.54) is 11.3 Å². The molecule has 134 valence electrons. The molecule has 0 saturated carbocycles. The maximum atomic E-state index is 12.5. The second-order valence-corrected chi connectivity index (χ2v) is 9.86. The van der Waals surface area contributed by atoms with E-state index < -0.39 is 10.0 Å². The van der Waals surface area contributed by atoms with E-state index >= 15 is 0 Å². The van der Waals surface area contributed by atoms with Crippen molar-refractivity contribution in [2.75, 3.05) is 32.7 Å². The van der Waals surface area contributed by atoms with Crippen LogP contribution >= 0.6 is 11.3 Å². The minimum atomic E-state index is -3.37. The molecule has 24 heavy (non-hydrogen) atoms. The van der Waals surface area contributed by atoms with Gasteiger partial charge in [-0.1, -0.05) is 0 Å². The standard InChI is InChI=1S/C16H25N3O3S2/c20-15(18-12-13-4-3-7-17-11-13)10-14-5-6-16(23-14)24(21,22)19-8-1-2-9-19/h5-6,13,17H,1-4,7-12H2,(H,18,20). The highest BCUT2D eigenvalue weighted by atomic mass is 32.2. The van der Waals surface area contributed by atoms with Crippen LogP contribution in [-0.4, -0.2) is 51.4 Å². The van der Waals surface area contributed by atoms with Gasteiger partial charge in [-0.2, -0.15) is 4.31 Å². The average molecular weight is 372 g/mol. The van der Waals surface area contributed by atoms with Crippen LogP contribution in [0.5, 0.6) is 0 Å². The molecule has 6 nitrogen and oxygen atoms in total. The van der Waals surface area contributed by atoms with Crippen molar-refractivity contribution in [3.05, 3.63) is 17.0 Å². The molecule has 0 spiro atoms. The Bertz CT molecular complexity index is 660. The van der Waals surface area contributed by atoms with Crippen molar-refractivity contribution in [3.63, 3.8) is 0 Å². The molecule has 3 heterocycles. The highest BCUT2D eigenvalue weighted by Crippen LogP contribution is 2.27. The van der Waals surface area contributed by atoms with E-state index in [-0.39, 0.29) is 12.3 Å². The first kappa shape index (κ1) is 17.8. The van der Waals surface area contributed by atoms with Gasteiger partial charge in [0.1, 0.15) is 4.21 Å². The van der Waals surface area contributed by atoms with Gasteiger partial charge in [0.2, 0.25) is 5.91 Å². The first-order valence-electron chi connectivity index (χ1n) is 8.62. The van der Waals surface area contributed by atoms with Crippen molar-refractivity contribution >= 4 is 27.3 Å². The largest absolute Gasteiger partial charge is 0.355 e. The zero-order valence-corrected chi connectivity index (χ0v) is 15.4. The van der Waals surface area contributed by atoms with E-state index in [4.69, 9.17) is 0 Å². The van der Waals surface area contributed by atoms with Crippen LogP contribution in [0, 0.1) is 5.92 Å². The van der Waals surface area contributed by atoms with E-state index in [0.717, 1.165) is 43.6 Å². The lowest BCUT2D eigenvalue weighted by Crippen LogP contribution is -2.38. The molecule has 0 bridgehead atoms. The van der Waals surface area contributed by atoms with E-state index in [1.807, 2.05) is 0 Å². The quantitative estimate of drug-likeness (QED) is 0.787. The Labute approximate surface area is 147 Å². The molecular formula is C16H25N3O3S2. The van der Waals surface area contributed by atoms with Crippen molar-refractivity contribution in [1.82, 2.24) is 14.9 Å². The maximum Gasteiger partial charge on any atom is 0.252 e. The van der Waals surface area contributed by atoms with Crippen molar-refractivity contribution in [1.29, 1.82) is 0 Å². The third-order valence-corrected chi connectivity index (χ3v) is 8.07. The molecule has 1 atom stereocenters. The predicted molar refractivity (Wildman–Crippen MR) is 94.6 cm³/mol. The Morgan fingerprint density at radius 2 is 2.08 bits per heavy atom. The number of rotatable bonds is 6. The number of nitrogens with one attached hydrogen (secondary N) is 2. The van der Waals surface area contributed by atoms with Gasteiger partial charge in [0.05, 0.1) is 6.42 Å². The summed E-state index contributed by atoms with van der Waals surface area (Å²) in [6.07, 6.45) is 4.40. The SMILES string of the molecule is O=C(Cc1ccc(S(=O)(=O)N2CCCC2)s1)NCC1CCCNC1. The van der Waals surface area contributed by atoms with E-state index in [1.54, 1.807) is 16.4 Å². The number of hydrogen-bond acceptors (Lipinski definition) is 5. The molecule has 8 heteroatoms. The summed E-state index contributed by atoms with van der Waals surface area (Å²) in [7, 11) is -3.37. The molecule has 0 aromatic carbocycles. The van der Waals surface area contributed by atoms with Gasteiger partial charge >= 0.3 is 0 Å². The second kappa shape index (κ2) is 7.95. The van der Waals surface area contributed by atoms with Crippen LogP contribution in [0.1, 0.15) is 30.6 Å². The topological polar surface area (TPSA) is 78.5 Å². The monoisotopic (exact) mass is 371 g/mol. The van der Waals surface area contributed by atoms with Crippen LogP contribution in [0.3, 0.4) is 0 Å². The molecule has 3 rings (SSSR count). The Balaban J connectivity index is 1.52. The van der Waals surface area contributed by atoms with Crippen LogP contribution in [-0.2, 0) is 21.2 Å². The van der Waals surface area contributed by atoms with Crippen molar-refractivity contribution in [2.24, 2.45) is 5.92 Å². The summed E-state index contributed by atoms with van der Waals surface area (Å²) in [5.41, 5.74) is 0. The number of amides is 1. The van der Waals surface area contributed by atoms with Gasteiger partial charge in [0.25, 0.3) is 10.0 Å². The molecule has 0 aliphatic carbocycles. The number of sulfonamides is 1. The zero-order chi connectivity index (χ0) is 17.0. The Kier molecular flexibility index (Phi) is 5.91. The highest BCUT2D eigenvalue weighted by molar-refractivity contribution is 7.91. The van der Waals surface area contributed by atoms with Gasteiger partial charge in [-0.3, -0.25) is 4.79 Å². The molecular weight excluding hydrogens is 346 g/mol. The van der Waals surface area contributed by atoms with Crippen LogP contribution in [0.25, 0.3) is 0 Å². The number of piperidine rings is 1. The summed E-state index contributed by atoms with van der Waals surface area (Å²) >= 11 is 1.21. The minimum Gasteiger partial charge on any atom is -0.355 e. The molecule has 0 radical (unpaired) electrons. The van der Waals surface area contributed by atoms with Gasteiger partial charge < -0.3 is 10.6 Å². The van der Waals surface area contributed by atoms with Gasteiger partial charge in [-0.15, -0.1) is 11.3 Å². The van der Waals surface area contributed by atoms with Crippen LogP contribution in [0.4, 0.5) is 0 Å². The average Bonchev–Trinajstić information content (AvgIpc) is 3.26. The molecule has 1 unspecified atom stereocenters. The molecule has 2 saturated heterocycles. The first-order chi connectivity index (χ1) is 11.6. The number of carbonyl (C=O) groups excluding carboxylic acids is 1. The van der Waals surface area contributed by atoms with Crippen molar-refractivity contribution in [2.45, 2.75) is 36.3 Å². The molecule has 2 aliphatic heterocycles. The summed E-state index contributed by atoms with van der Waals surface area (Å²) in [5, 5.41) is 6.31. The second-order valence-electron chi connectivity index (χ2n) is 6.53. The molecule has 2 N–H and O–H groups in total. The minimum absolute atomic E-state index is 0.0347. The molecule has 2 aliphatic rings. The number of thiophene rings is 1. The summed E-state index contributed by atoms with van der Waals surface area (Å²) < 4.78 is 26.9. The van der Waals surface area contributed by atoms with Crippen LogP contribution < -0.4 is 10.6 Å². The lowest BCUT2D eigenvalue weighted by atomic mass is 10.00. The fourth-order valence-corrected chi connectivity index (χ4v) is 6.25. The summed E-state index contributed by atoms with van der Waals surface area (Å²) in [6, 6.07) is 3.39. The number of nitrogens with zero attached hydrogens (tertiary/aromatic N) is 1. The molecule has 1 aromatic heterocycles. The Morgan fingerprint density at radius 1 is 1.29 bits per heavy atom. The number of carbonyl (C=O) groups is 1. The summed E-state index contributed by atoms with van der Waals surface area (Å²) in [4.78, 5) is 12.9. The van der Waals surface area contributed by atoms with Gasteiger partial charge in [-0.25, -0.2) is 8.42 Å². The summed E-state index contributed by atoms with van der Waals surface area (Å²) in [5.74, 6) is 0.463. The van der Waals surface area contributed by atoms with Crippen molar-refractivity contribution in [3.8, 4) is 0 Å². The third-order valence-electron chi connectivity index (χ3n) is 4.62. The van der Waals surface area contributed by atoms with E-state index in [0.29, 0.717) is 29.8 Å². The zero-order valence-electron chi connectivity index (χ0n) is 13.8. The molecule has 1 amide bonds. The first-order valence-corrected chi connectivity index (χ1v) is 10.9. The predicted octanol–water partition coefficient (Wildman–Crippen LogP) is 1.19. The highest BCUT2D eigenvalue weighted by Gasteiger charge is 2.28. The normalized spacial score (nSPS) is 22.6. The van der Waals surface area contributed by atoms with Crippen LogP contribution in [0.15, 0.2) is 16.3 Å². The van der Waals surface area contributed by atoms with Gasteiger partial charge in [0, 0.05) is 24.5 Å². The fourth-order valence-electron chi connectivity index (χ4n) is 3.22.